The number of nitrogens with zero attached hydrogens (tertiary/aromatic N) is 1. The van der Waals surface area contributed by atoms with Gasteiger partial charge in [-0.05, 0) is 79.1 Å². The third-order valence-corrected chi connectivity index (χ3v) is 9.80. The lowest BCUT2D eigenvalue weighted by Crippen LogP contribution is -2.48. The molecule has 1 atom stereocenters. The summed E-state index contributed by atoms with van der Waals surface area (Å²) in [5.41, 5.74) is 8.94. The van der Waals surface area contributed by atoms with Crippen molar-refractivity contribution < 1.29 is 17.6 Å². The van der Waals surface area contributed by atoms with Crippen LogP contribution < -0.4 is 10.5 Å². The molecule has 1 aliphatic carbocycles. The molecule has 1 heterocycles. The zero-order valence-electron chi connectivity index (χ0n) is 21.5. The van der Waals surface area contributed by atoms with E-state index in [1.165, 1.54) is 12.1 Å². The number of nitrogens with two attached hydrogens (primary N) is 1. The minimum Gasteiger partial charge on any atom is -0.369 e. The van der Waals surface area contributed by atoms with Crippen molar-refractivity contribution in [1.29, 1.82) is 0 Å². The second-order valence-corrected chi connectivity index (χ2v) is 12.1. The van der Waals surface area contributed by atoms with Crippen LogP contribution in [0.3, 0.4) is 0 Å². The van der Waals surface area contributed by atoms with Gasteiger partial charge in [0.1, 0.15) is 5.82 Å². The van der Waals surface area contributed by atoms with E-state index in [0.29, 0.717) is 25.7 Å². The van der Waals surface area contributed by atoms with E-state index in [0.717, 1.165) is 27.7 Å². The Morgan fingerprint density at radius 2 is 1.68 bits per heavy atom. The standard InChI is InChI=1S/C30H32FN3O3S/c1-20(21-8-10-24(31)11-9-21)30(29(32)35)16-14-25(15-17-30)33-38(36,37)26-12-13-27-23(18-26)19-28(34(27)2)22-6-4-3-5-7-22/h3-13,18-20,25,33H,14-17H2,1-2H3,(H2,32,35)/t20-,25?,30?/m1/s1. The first-order chi connectivity index (χ1) is 18.1. The summed E-state index contributed by atoms with van der Waals surface area (Å²) in [7, 11) is -1.80. The number of benzene rings is 3. The van der Waals surface area contributed by atoms with Crippen LogP contribution in [0.15, 0.2) is 83.8 Å². The molecule has 5 rings (SSSR count). The van der Waals surface area contributed by atoms with Crippen LogP contribution in [-0.2, 0) is 21.9 Å². The predicted molar refractivity (Wildman–Crippen MR) is 147 cm³/mol. The minimum atomic E-state index is -3.77. The molecule has 0 saturated heterocycles. The Kier molecular flexibility index (Phi) is 6.88. The lowest BCUT2D eigenvalue weighted by atomic mass is 9.63. The number of hydrogen-bond donors (Lipinski definition) is 2. The van der Waals surface area contributed by atoms with Crippen LogP contribution in [0.4, 0.5) is 4.39 Å². The molecule has 38 heavy (non-hydrogen) atoms. The SMILES string of the molecule is C[C@H](c1ccc(F)cc1)C1(C(N)=O)CCC(NS(=O)(=O)c2ccc3c(c2)cc(-c2ccccc2)n3C)CC1. The Morgan fingerprint density at radius 3 is 2.32 bits per heavy atom. The maximum atomic E-state index is 13.4. The fourth-order valence-electron chi connectivity index (χ4n) is 5.88. The van der Waals surface area contributed by atoms with Crippen molar-refractivity contribution in [2.45, 2.75) is 49.5 Å². The van der Waals surface area contributed by atoms with Crippen LogP contribution >= 0.6 is 0 Å². The fraction of sp³-hybridized carbons (Fsp3) is 0.300. The summed E-state index contributed by atoms with van der Waals surface area (Å²) >= 11 is 0. The average molecular weight is 534 g/mol. The second-order valence-electron chi connectivity index (χ2n) is 10.4. The van der Waals surface area contributed by atoms with Gasteiger partial charge in [-0.1, -0.05) is 49.4 Å². The molecule has 1 amide bonds. The van der Waals surface area contributed by atoms with E-state index in [9.17, 15) is 17.6 Å². The van der Waals surface area contributed by atoms with Crippen molar-refractivity contribution in [3.63, 3.8) is 0 Å². The van der Waals surface area contributed by atoms with Crippen molar-refractivity contribution in [3.05, 3.63) is 90.2 Å². The smallest absolute Gasteiger partial charge is 0.240 e. The molecule has 3 aromatic carbocycles. The van der Waals surface area contributed by atoms with E-state index in [4.69, 9.17) is 5.73 Å². The number of aromatic nitrogens is 1. The molecule has 0 radical (unpaired) electrons. The van der Waals surface area contributed by atoms with Crippen LogP contribution in [0.1, 0.15) is 44.1 Å². The van der Waals surface area contributed by atoms with Gasteiger partial charge in [0.2, 0.25) is 15.9 Å². The Labute approximate surface area is 222 Å². The molecule has 6 nitrogen and oxygen atoms in total. The van der Waals surface area contributed by atoms with Crippen molar-refractivity contribution in [1.82, 2.24) is 9.29 Å². The maximum Gasteiger partial charge on any atom is 0.240 e. The van der Waals surface area contributed by atoms with Crippen LogP contribution in [-0.4, -0.2) is 24.9 Å². The Balaban J connectivity index is 1.33. The number of nitrogens with one attached hydrogen (secondary N) is 1. The molecule has 0 aliphatic heterocycles. The lowest BCUT2D eigenvalue weighted by Gasteiger charge is -2.42. The molecular formula is C30H32FN3O3S. The first-order valence-corrected chi connectivity index (χ1v) is 14.3. The van der Waals surface area contributed by atoms with E-state index in [-0.39, 0.29) is 22.7 Å². The molecule has 8 heteroatoms. The quantitative estimate of drug-likeness (QED) is 0.329. The Bertz CT molecular complexity index is 1570. The predicted octanol–water partition coefficient (Wildman–Crippen LogP) is 5.48. The van der Waals surface area contributed by atoms with Crippen molar-refractivity contribution >= 4 is 26.8 Å². The maximum absolute atomic E-state index is 13.4. The third-order valence-electron chi connectivity index (χ3n) is 8.28. The van der Waals surface area contributed by atoms with Gasteiger partial charge in [-0.2, -0.15) is 0 Å². The largest absolute Gasteiger partial charge is 0.369 e. The van der Waals surface area contributed by atoms with Gasteiger partial charge in [0.15, 0.2) is 0 Å². The van der Waals surface area contributed by atoms with Crippen molar-refractivity contribution in [3.8, 4) is 11.3 Å². The van der Waals surface area contributed by atoms with Gasteiger partial charge in [-0.15, -0.1) is 0 Å². The molecule has 198 valence electrons. The molecular weight excluding hydrogens is 501 g/mol. The topological polar surface area (TPSA) is 94.2 Å². The van der Waals surface area contributed by atoms with Crippen LogP contribution in [0.25, 0.3) is 22.2 Å². The molecule has 0 unspecified atom stereocenters. The summed E-state index contributed by atoms with van der Waals surface area (Å²) in [6.07, 6.45) is 1.87. The molecule has 4 aromatic rings. The van der Waals surface area contributed by atoms with E-state index >= 15 is 0 Å². The molecule has 1 saturated carbocycles. The van der Waals surface area contributed by atoms with Crippen LogP contribution in [0.2, 0.25) is 0 Å². The van der Waals surface area contributed by atoms with Gasteiger partial charge in [-0.25, -0.2) is 17.5 Å². The summed E-state index contributed by atoms with van der Waals surface area (Å²) in [6, 6.07) is 23.0. The molecule has 1 fully saturated rings. The summed E-state index contributed by atoms with van der Waals surface area (Å²) in [4.78, 5) is 12.8. The van der Waals surface area contributed by atoms with Gasteiger partial charge < -0.3 is 10.3 Å². The van der Waals surface area contributed by atoms with E-state index in [1.54, 1.807) is 24.3 Å². The van der Waals surface area contributed by atoms with Gasteiger partial charge in [0.25, 0.3) is 0 Å². The monoisotopic (exact) mass is 533 g/mol. The molecule has 1 aliphatic rings. The van der Waals surface area contributed by atoms with Gasteiger partial charge in [-0.3, -0.25) is 4.79 Å². The number of hydrogen-bond acceptors (Lipinski definition) is 3. The number of aryl methyl sites for hydroxylation is 1. The Hall–Kier alpha value is -3.49. The fourth-order valence-corrected chi connectivity index (χ4v) is 7.22. The zero-order valence-corrected chi connectivity index (χ0v) is 22.3. The molecule has 0 spiro atoms. The van der Waals surface area contributed by atoms with E-state index in [1.807, 2.05) is 56.4 Å². The number of halogens is 1. The first-order valence-electron chi connectivity index (χ1n) is 12.8. The highest BCUT2D eigenvalue weighted by atomic mass is 32.2. The van der Waals surface area contributed by atoms with Crippen LogP contribution in [0, 0.1) is 11.2 Å². The Morgan fingerprint density at radius 1 is 1.03 bits per heavy atom. The molecule has 3 N–H and O–H groups in total. The second kappa shape index (κ2) is 10.0. The number of fused-ring (bicyclic) bond motifs is 1. The van der Waals surface area contributed by atoms with Gasteiger partial charge >= 0.3 is 0 Å². The summed E-state index contributed by atoms with van der Waals surface area (Å²) < 4.78 is 45.0. The zero-order chi connectivity index (χ0) is 27.1. The summed E-state index contributed by atoms with van der Waals surface area (Å²) in [5, 5.41) is 0.846. The van der Waals surface area contributed by atoms with E-state index < -0.39 is 21.3 Å². The van der Waals surface area contributed by atoms with Crippen molar-refractivity contribution in [2.24, 2.45) is 18.2 Å². The number of rotatable bonds is 7. The van der Waals surface area contributed by atoms with Crippen LogP contribution in [0.5, 0.6) is 0 Å². The first kappa shape index (κ1) is 26.1. The molecule has 1 aromatic heterocycles. The summed E-state index contributed by atoms with van der Waals surface area (Å²) in [6.45, 7) is 1.93. The normalized spacial score (nSPS) is 20.9. The van der Waals surface area contributed by atoms with Gasteiger partial charge in [0.05, 0.1) is 10.3 Å². The minimum absolute atomic E-state index is 0.210. The number of sulfonamides is 1. The highest BCUT2D eigenvalue weighted by molar-refractivity contribution is 7.89. The summed E-state index contributed by atoms with van der Waals surface area (Å²) in [5.74, 6) is -0.950. The number of amides is 1. The van der Waals surface area contributed by atoms with Gasteiger partial charge in [0, 0.05) is 29.7 Å². The molecule has 0 bridgehead atoms. The van der Waals surface area contributed by atoms with E-state index in [2.05, 4.69) is 9.29 Å². The van der Waals surface area contributed by atoms with Crippen molar-refractivity contribution in [2.75, 3.05) is 0 Å². The number of primary amides is 1. The third kappa shape index (κ3) is 4.74. The lowest BCUT2D eigenvalue weighted by molar-refractivity contribution is -0.131. The number of carbonyl (C=O) groups is 1. The highest BCUT2D eigenvalue weighted by Gasteiger charge is 2.45. The number of carbonyl (C=O) groups excluding carboxylic acids is 1. The average Bonchev–Trinajstić information content (AvgIpc) is 3.25. The highest BCUT2D eigenvalue weighted by Crippen LogP contribution is 2.47.